The zero-order valence-electron chi connectivity index (χ0n) is 15.3. The van der Waals surface area contributed by atoms with Crippen LogP contribution in [0.1, 0.15) is 18.9 Å². The van der Waals surface area contributed by atoms with Crippen molar-refractivity contribution in [2.45, 2.75) is 23.8 Å². The molecule has 154 valence electrons. The number of sulfone groups is 1. The van der Waals surface area contributed by atoms with Gasteiger partial charge in [-0.3, -0.25) is 9.69 Å². The quantitative estimate of drug-likeness (QED) is 0.569. The van der Waals surface area contributed by atoms with Crippen molar-refractivity contribution in [1.29, 1.82) is 0 Å². The molecule has 0 saturated carbocycles. The molecule has 1 fully saturated rings. The SMILES string of the molecule is CC1(c2ccc(F)c(F)c2)NC(=O)N(CCCS(=O)(=O)c2ccc(F)cc2)C1=O. The number of hydrogen-bond acceptors (Lipinski definition) is 4. The number of benzene rings is 2. The normalized spacial score (nSPS) is 19.5. The average Bonchev–Trinajstić information content (AvgIpc) is 2.88. The minimum absolute atomic E-state index is 0.0489. The highest BCUT2D eigenvalue weighted by Gasteiger charge is 2.49. The number of nitrogens with zero attached hydrogens (tertiary/aromatic N) is 1. The number of rotatable bonds is 6. The van der Waals surface area contributed by atoms with Crippen LogP contribution in [0.4, 0.5) is 18.0 Å². The Morgan fingerprint density at radius 1 is 1.00 bits per heavy atom. The molecule has 1 aliphatic rings. The standard InChI is InChI=1S/C19H17F3N2O4S/c1-19(12-3-8-15(21)16(22)11-12)17(25)24(18(26)23-19)9-2-10-29(27,28)14-6-4-13(20)5-7-14/h3-8,11H,2,9-10H2,1H3,(H,23,26). The van der Waals surface area contributed by atoms with Gasteiger partial charge in [0, 0.05) is 6.54 Å². The molecule has 1 unspecified atom stereocenters. The fraction of sp³-hybridized carbons (Fsp3) is 0.263. The molecule has 1 heterocycles. The number of carbonyl (C=O) groups is 2. The number of imide groups is 1. The zero-order chi connectivity index (χ0) is 21.4. The van der Waals surface area contributed by atoms with E-state index in [1.807, 2.05) is 0 Å². The van der Waals surface area contributed by atoms with E-state index in [0.717, 1.165) is 41.3 Å². The summed E-state index contributed by atoms with van der Waals surface area (Å²) in [5, 5.41) is 2.44. The molecule has 0 spiro atoms. The highest BCUT2D eigenvalue weighted by molar-refractivity contribution is 7.91. The van der Waals surface area contributed by atoms with E-state index < -0.39 is 44.8 Å². The number of nitrogens with one attached hydrogen (secondary N) is 1. The van der Waals surface area contributed by atoms with Crippen LogP contribution in [0, 0.1) is 17.5 Å². The van der Waals surface area contributed by atoms with E-state index in [1.54, 1.807) is 0 Å². The van der Waals surface area contributed by atoms with Gasteiger partial charge in [-0.25, -0.2) is 26.4 Å². The molecule has 6 nitrogen and oxygen atoms in total. The van der Waals surface area contributed by atoms with Gasteiger partial charge in [0.05, 0.1) is 10.6 Å². The monoisotopic (exact) mass is 426 g/mol. The summed E-state index contributed by atoms with van der Waals surface area (Å²) >= 11 is 0. The smallest absolute Gasteiger partial charge is 0.319 e. The highest BCUT2D eigenvalue weighted by atomic mass is 32.2. The summed E-state index contributed by atoms with van der Waals surface area (Å²) in [5.41, 5.74) is -1.53. The van der Waals surface area contributed by atoms with Gasteiger partial charge in [-0.05, 0) is 55.3 Å². The molecule has 29 heavy (non-hydrogen) atoms. The van der Waals surface area contributed by atoms with Gasteiger partial charge in [-0.2, -0.15) is 0 Å². The summed E-state index contributed by atoms with van der Waals surface area (Å²) in [6.07, 6.45) is -0.0489. The van der Waals surface area contributed by atoms with Gasteiger partial charge in [0.2, 0.25) is 0 Å². The number of hydrogen-bond donors (Lipinski definition) is 1. The maximum absolute atomic E-state index is 13.5. The summed E-state index contributed by atoms with van der Waals surface area (Å²) in [7, 11) is -3.72. The lowest BCUT2D eigenvalue weighted by Crippen LogP contribution is -2.41. The van der Waals surface area contributed by atoms with Gasteiger partial charge in [-0.1, -0.05) is 6.07 Å². The Balaban J connectivity index is 1.70. The summed E-state index contributed by atoms with van der Waals surface area (Å²) in [6, 6.07) is 6.44. The first-order chi connectivity index (χ1) is 13.5. The first kappa shape index (κ1) is 20.8. The number of urea groups is 1. The molecule has 10 heteroatoms. The molecule has 0 radical (unpaired) electrons. The zero-order valence-corrected chi connectivity index (χ0v) is 16.1. The second-order valence-electron chi connectivity index (χ2n) is 6.77. The van der Waals surface area contributed by atoms with E-state index in [1.165, 1.54) is 13.0 Å². The van der Waals surface area contributed by atoms with Crippen LogP contribution in [0.3, 0.4) is 0 Å². The number of amides is 3. The van der Waals surface area contributed by atoms with E-state index >= 15 is 0 Å². The first-order valence-electron chi connectivity index (χ1n) is 8.62. The van der Waals surface area contributed by atoms with Crippen molar-refractivity contribution >= 4 is 21.8 Å². The van der Waals surface area contributed by atoms with Crippen LogP contribution in [-0.2, 0) is 20.2 Å². The minimum atomic E-state index is -3.72. The van der Waals surface area contributed by atoms with Crippen molar-refractivity contribution in [1.82, 2.24) is 10.2 Å². The second kappa shape index (κ2) is 7.51. The molecular formula is C19H17F3N2O4S. The summed E-state index contributed by atoms with van der Waals surface area (Å²) in [6.45, 7) is 1.17. The molecule has 0 aromatic heterocycles. The number of carbonyl (C=O) groups excluding carboxylic acids is 2. The molecule has 3 rings (SSSR count). The van der Waals surface area contributed by atoms with Gasteiger partial charge in [-0.15, -0.1) is 0 Å². The van der Waals surface area contributed by atoms with Crippen LogP contribution in [0.2, 0.25) is 0 Å². The van der Waals surface area contributed by atoms with Crippen LogP contribution in [0.25, 0.3) is 0 Å². The van der Waals surface area contributed by atoms with Crippen molar-refractivity contribution in [3.05, 3.63) is 65.5 Å². The average molecular weight is 426 g/mol. The Labute approximate surface area is 165 Å². The van der Waals surface area contributed by atoms with Gasteiger partial charge in [0.25, 0.3) is 5.91 Å². The van der Waals surface area contributed by atoms with Gasteiger partial charge < -0.3 is 5.32 Å². The fourth-order valence-corrected chi connectivity index (χ4v) is 4.37. The molecule has 1 saturated heterocycles. The molecule has 1 atom stereocenters. The van der Waals surface area contributed by atoms with Crippen molar-refractivity contribution < 1.29 is 31.2 Å². The maximum atomic E-state index is 13.5. The molecule has 3 amide bonds. The molecule has 2 aromatic rings. The Kier molecular flexibility index (Phi) is 5.40. The third-order valence-electron chi connectivity index (χ3n) is 4.74. The lowest BCUT2D eigenvalue weighted by atomic mass is 9.92. The van der Waals surface area contributed by atoms with Crippen molar-refractivity contribution in [3.8, 4) is 0 Å². The van der Waals surface area contributed by atoms with Crippen LogP contribution < -0.4 is 5.32 Å². The third-order valence-corrected chi connectivity index (χ3v) is 6.56. The Morgan fingerprint density at radius 2 is 1.66 bits per heavy atom. The van der Waals surface area contributed by atoms with E-state index in [9.17, 15) is 31.2 Å². The molecule has 0 aliphatic carbocycles. The molecule has 2 aromatic carbocycles. The van der Waals surface area contributed by atoms with Crippen molar-refractivity contribution in [2.24, 2.45) is 0 Å². The predicted molar refractivity (Wildman–Crippen MR) is 97.0 cm³/mol. The van der Waals surface area contributed by atoms with Gasteiger partial charge >= 0.3 is 6.03 Å². The van der Waals surface area contributed by atoms with Crippen LogP contribution in [0.5, 0.6) is 0 Å². The van der Waals surface area contributed by atoms with Crippen LogP contribution in [0.15, 0.2) is 47.4 Å². The van der Waals surface area contributed by atoms with E-state index in [-0.39, 0.29) is 29.2 Å². The Hall–Kier alpha value is -2.88. The van der Waals surface area contributed by atoms with E-state index in [2.05, 4.69) is 5.32 Å². The van der Waals surface area contributed by atoms with Gasteiger partial charge in [0.15, 0.2) is 21.5 Å². The molecular weight excluding hydrogens is 409 g/mol. The largest absolute Gasteiger partial charge is 0.325 e. The summed E-state index contributed by atoms with van der Waals surface area (Å²) in [4.78, 5) is 25.7. The lowest BCUT2D eigenvalue weighted by Gasteiger charge is -2.22. The molecule has 0 bridgehead atoms. The van der Waals surface area contributed by atoms with Crippen LogP contribution >= 0.6 is 0 Å². The summed E-state index contributed by atoms with van der Waals surface area (Å²) < 4.78 is 64.2. The van der Waals surface area contributed by atoms with Crippen molar-refractivity contribution in [2.75, 3.05) is 12.3 Å². The maximum Gasteiger partial charge on any atom is 0.325 e. The lowest BCUT2D eigenvalue weighted by molar-refractivity contribution is -0.131. The Morgan fingerprint density at radius 3 is 2.28 bits per heavy atom. The topological polar surface area (TPSA) is 83.6 Å². The minimum Gasteiger partial charge on any atom is -0.319 e. The highest BCUT2D eigenvalue weighted by Crippen LogP contribution is 2.30. The van der Waals surface area contributed by atoms with E-state index in [0.29, 0.717) is 0 Å². The molecule has 1 aliphatic heterocycles. The first-order valence-corrected chi connectivity index (χ1v) is 10.3. The van der Waals surface area contributed by atoms with Gasteiger partial charge in [0.1, 0.15) is 11.4 Å². The fourth-order valence-electron chi connectivity index (χ4n) is 3.08. The van der Waals surface area contributed by atoms with Crippen LogP contribution in [-0.4, -0.2) is 37.6 Å². The summed E-state index contributed by atoms with van der Waals surface area (Å²) in [5.74, 6) is -3.88. The number of halogens is 3. The second-order valence-corrected chi connectivity index (χ2v) is 8.88. The molecule has 1 N–H and O–H groups in total. The predicted octanol–water partition coefficient (Wildman–Crippen LogP) is 2.73. The Bertz CT molecular complexity index is 1070. The van der Waals surface area contributed by atoms with E-state index in [4.69, 9.17) is 0 Å². The van der Waals surface area contributed by atoms with Crippen molar-refractivity contribution in [3.63, 3.8) is 0 Å². The third kappa shape index (κ3) is 3.98.